The van der Waals surface area contributed by atoms with Crippen molar-refractivity contribution in [2.75, 3.05) is 6.61 Å². The lowest BCUT2D eigenvalue weighted by Crippen LogP contribution is -2.14. The largest absolute Gasteiger partial charge is 0.459 e. The predicted octanol–water partition coefficient (Wildman–Crippen LogP) is 5.21. The topological polar surface area (TPSA) is 43.4 Å². The molecule has 3 heteroatoms. The van der Waals surface area contributed by atoms with E-state index in [4.69, 9.17) is 0 Å². The Bertz CT molecular complexity index is 363. The van der Waals surface area contributed by atoms with Gasteiger partial charge in [-0.1, -0.05) is 83.5 Å². The minimum Gasteiger partial charge on any atom is -0.459 e. The van der Waals surface area contributed by atoms with E-state index in [1.165, 1.54) is 64.2 Å². The first kappa shape index (κ1) is 21.7. The van der Waals surface area contributed by atoms with Gasteiger partial charge in [0.15, 0.2) is 0 Å². The first-order chi connectivity index (χ1) is 11.2. The molecule has 0 atom stereocenters. The van der Waals surface area contributed by atoms with E-state index in [0.29, 0.717) is 6.42 Å². The van der Waals surface area contributed by atoms with Crippen LogP contribution in [0.4, 0.5) is 0 Å². The maximum absolute atomic E-state index is 11.2. The molecule has 0 aliphatic carbocycles. The number of Topliss-reactive ketones (excluding diaryl/α,β-unsaturated/α-hetero) is 1. The summed E-state index contributed by atoms with van der Waals surface area (Å²) >= 11 is 0. The molecular weight excluding hydrogens is 288 g/mol. The Balaban J connectivity index is 3.31. The minimum absolute atomic E-state index is 0.213. The molecule has 132 valence electrons. The molecule has 23 heavy (non-hydrogen) atoms. The van der Waals surface area contributed by atoms with Crippen LogP contribution in [0.15, 0.2) is 0 Å². The van der Waals surface area contributed by atoms with Gasteiger partial charge >= 0.3 is 11.8 Å². The smallest absolute Gasteiger partial charge is 0.388 e. The Kier molecular flexibility index (Phi) is 16.1. The lowest BCUT2D eigenvalue weighted by Gasteiger charge is -2.01. The van der Waals surface area contributed by atoms with Crippen LogP contribution in [0.1, 0.15) is 97.3 Å². The van der Waals surface area contributed by atoms with Gasteiger partial charge in [0.25, 0.3) is 0 Å². The SMILES string of the molecule is CCCCCCCCCCCCCCC#CC(=O)C(=O)OCC. The number of carbonyl (C=O) groups excluding carboxylic acids is 2. The second kappa shape index (κ2) is 17.1. The standard InChI is InChI=1S/C20H34O3/c1-3-5-6-7-8-9-10-11-12-13-14-15-16-17-18-19(21)20(22)23-4-2/h3-16H2,1-2H3. The first-order valence-corrected chi connectivity index (χ1v) is 9.42. The molecular formula is C20H34O3. The van der Waals surface area contributed by atoms with Gasteiger partial charge in [-0.05, 0) is 19.3 Å². The molecule has 3 nitrogen and oxygen atoms in total. The van der Waals surface area contributed by atoms with Crippen molar-refractivity contribution >= 4 is 11.8 Å². The minimum atomic E-state index is -0.838. The van der Waals surface area contributed by atoms with Gasteiger partial charge in [-0.15, -0.1) is 0 Å². The van der Waals surface area contributed by atoms with Crippen molar-refractivity contribution in [2.24, 2.45) is 0 Å². The van der Waals surface area contributed by atoms with Crippen LogP contribution < -0.4 is 0 Å². The highest BCUT2D eigenvalue weighted by molar-refractivity contribution is 6.40. The van der Waals surface area contributed by atoms with Crippen LogP contribution in [0.25, 0.3) is 0 Å². The lowest BCUT2D eigenvalue weighted by atomic mass is 10.0. The van der Waals surface area contributed by atoms with Crippen molar-refractivity contribution in [3.8, 4) is 11.8 Å². The van der Waals surface area contributed by atoms with Crippen LogP contribution in [0.5, 0.6) is 0 Å². The Morgan fingerprint density at radius 2 is 1.22 bits per heavy atom. The molecule has 0 aromatic carbocycles. The molecule has 0 radical (unpaired) electrons. The van der Waals surface area contributed by atoms with Gasteiger partial charge in [0, 0.05) is 6.42 Å². The summed E-state index contributed by atoms with van der Waals surface area (Å²) in [5.41, 5.74) is 0. The maximum atomic E-state index is 11.2. The van der Waals surface area contributed by atoms with E-state index in [-0.39, 0.29) is 6.61 Å². The van der Waals surface area contributed by atoms with E-state index >= 15 is 0 Å². The Morgan fingerprint density at radius 1 is 0.739 bits per heavy atom. The summed E-state index contributed by atoms with van der Waals surface area (Å²) in [5, 5.41) is 0. The number of ether oxygens (including phenoxy) is 1. The lowest BCUT2D eigenvalue weighted by molar-refractivity contribution is -0.150. The highest BCUT2D eigenvalue weighted by atomic mass is 16.5. The van der Waals surface area contributed by atoms with Crippen molar-refractivity contribution in [3.63, 3.8) is 0 Å². The summed E-state index contributed by atoms with van der Waals surface area (Å²) in [7, 11) is 0. The second-order valence-corrected chi connectivity index (χ2v) is 5.99. The van der Waals surface area contributed by atoms with E-state index in [1.54, 1.807) is 6.92 Å². The highest BCUT2D eigenvalue weighted by Gasteiger charge is 2.10. The molecule has 0 aliphatic rings. The molecule has 0 spiro atoms. The van der Waals surface area contributed by atoms with E-state index in [9.17, 15) is 9.59 Å². The maximum Gasteiger partial charge on any atom is 0.388 e. The van der Waals surface area contributed by atoms with E-state index in [2.05, 4.69) is 23.5 Å². The Hall–Kier alpha value is -1.30. The fourth-order valence-corrected chi connectivity index (χ4v) is 2.44. The van der Waals surface area contributed by atoms with Gasteiger partial charge in [-0.3, -0.25) is 4.79 Å². The zero-order chi connectivity index (χ0) is 17.2. The van der Waals surface area contributed by atoms with Crippen molar-refractivity contribution in [1.82, 2.24) is 0 Å². The highest BCUT2D eigenvalue weighted by Crippen LogP contribution is 2.12. The van der Waals surface area contributed by atoms with E-state index < -0.39 is 11.8 Å². The second-order valence-electron chi connectivity index (χ2n) is 5.99. The van der Waals surface area contributed by atoms with Crippen LogP contribution in [0.3, 0.4) is 0 Å². The molecule has 0 aromatic heterocycles. The van der Waals surface area contributed by atoms with Crippen molar-refractivity contribution in [1.29, 1.82) is 0 Å². The first-order valence-electron chi connectivity index (χ1n) is 9.42. The Labute approximate surface area is 142 Å². The van der Waals surface area contributed by atoms with Gasteiger partial charge in [-0.25, -0.2) is 4.79 Å². The van der Waals surface area contributed by atoms with Crippen LogP contribution in [0, 0.1) is 11.8 Å². The van der Waals surface area contributed by atoms with Crippen molar-refractivity contribution in [3.05, 3.63) is 0 Å². The number of hydrogen-bond acceptors (Lipinski definition) is 3. The van der Waals surface area contributed by atoms with Gasteiger partial charge in [-0.2, -0.15) is 0 Å². The van der Waals surface area contributed by atoms with Gasteiger partial charge in [0.05, 0.1) is 6.61 Å². The summed E-state index contributed by atoms with van der Waals surface area (Å²) in [4.78, 5) is 22.2. The average Bonchev–Trinajstić information content (AvgIpc) is 2.55. The molecule has 0 bridgehead atoms. The number of hydrogen-bond donors (Lipinski definition) is 0. The molecule has 0 N–H and O–H groups in total. The van der Waals surface area contributed by atoms with E-state index in [0.717, 1.165) is 12.8 Å². The summed E-state index contributed by atoms with van der Waals surface area (Å²) in [5.74, 6) is 3.53. The zero-order valence-corrected chi connectivity index (χ0v) is 15.1. The van der Waals surface area contributed by atoms with Crippen LogP contribution in [-0.2, 0) is 14.3 Å². The quantitative estimate of drug-likeness (QED) is 0.145. The van der Waals surface area contributed by atoms with Gasteiger partial charge < -0.3 is 4.74 Å². The van der Waals surface area contributed by atoms with Crippen LogP contribution in [-0.4, -0.2) is 18.4 Å². The molecule has 0 aromatic rings. The van der Waals surface area contributed by atoms with E-state index in [1.807, 2.05) is 0 Å². The normalized spacial score (nSPS) is 10.0. The molecule has 0 heterocycles. The van der Waals surface area contributed by atoms with Gasteiger partial charge in [0.2, 0.25) is 0 Å². The monoisotopic (exact) mass is 322 g/mol. The summed E-state index contributed by atoms with van der Waals surface area (Å²) in [6.45, 7) is 4.14. The van der Waals surface area contributed by atoms with Gasteiger partial charge in [0.1, 0.15) is 0 Å². The third-order valence-corrected chi connectivity index (χ3v) is 3.82. The molecule has 0 saturated carbocycles. The fourth-order valence-electron chi connectivity index (χ4n) is 2.44. The summed E-state index contributed by atoms with van der Waals surface area (Å²) in [6.07, 6.45) is 16.3. The molecule has 0 rings (SSSR count). The zero-order valence-electron chi connectivity index (χ0n) is 15.1. The molecule has 0 unspecified atom stereocenters. The van der Waals surface area contributed by atoms with Crippen LogP contribution in [0.2, 0.25) is 0 Å². The molecule has 0 aliphatic heterocycles. The van der Waals surface area contributed by atoms with Crippen LogP contribution >= 0.6 is 0 Å². The fraction of sp³-hybridized carbons (Fsp3) is 0.800. The summed E-state index contributed by atoms with van der Waals surface area (Å²) < 4.78 is 4.58. The van der Waals surface area contributed by atoms with Crippen molar-refractivity contribution in [2.45, 2.75) is 97.3 Å². The number of carbonyl (C=O) groups is 2. The third kappa shape index (κ3) is 15.4. The molecule has 0 fully saturated rings. The van der Waals surface area contributed by atoms with Crippen molar-refractivity contribution < 1.29 is 14.3 Å². The predicted molar refractivity (Wildman–Crippen MR) is 95.1 cm³/mol. The molecule has 0 saturated heterocycles. The summed E-state index contributed by atoms with van der Waals surface area (Å²) in [6, 6.07) is 0. The third-order valence-electron chi connectivity index (χ3n) is 3.82. The number of rotatable bonds is 14. The number of esters is 1. The Morgan fingerprint density at radius 3 is 1.70 bits per heavy atom. The number of unbranched alkanes of at least 4 members (excludes halogenated alkanes) is 12. The number of ketones is 1. The molecule has 0 amide bonds. The average molecular weight is 322 g/mol.